The smallest absolute Gasteiger partial charge is 0.0620 e. The first-order chi connectivity index (χ1) is 3.72. The number of nitrogens with zero attached hydrogens (tertiary/aromatic N) is 1. The van der Waals surface area contributed by atoms with Crippen molar-refractivity contribution in [3.63, 3.8) is 0 Å². The summed E-state index contributed by atoms with van der Waals surface area (Å²) in [5.74, 6) is 0. The second-order valence-corrected chi connectivity index (χ2v) is 3.15. The van der Waals surface area contributed by atoms with E-state index in [1.807, 2.05) is 7.05 Å². The molecule has 0 saturated carbocycles. The van der Waals surface area contributed by atoms with Crippen molar-refractivity contribution in [2.24, 2.45) is 0 Å². The molecule has 0 heterocycles. The van der Waals surface area contributed by atoms with Crippen molar-refractivity contribution in [1.29, 1.82) is 0 Å². The van der Waals surface area contributed by atoms with E-state index in [9.17, 15) is 0 Å². The molecule has 0 fully saturated rings. The van der Waals surface area contributed by atoms with Gasteiger partial charge in [-0.2, -0.15) is 12.6 Å². The third-order valence-electron chi connectivity index (χ3n) is 1.07. The predicted molar refractivity (Wildman–Crippen MR) is 44.3 cm³/mol. The first kappa shape index (κ1) is 8.66. The third kappa shape index (κ3) is 2.84. The second kappa shape index (κ2) is 4.53. The first-order valence-corrected chi connectivity index (χ1v) is 4.37. The molecule has 1 nitrogen and oxygen atoms in total. The lowest BCUT2D eigenvalue weighted by Gasteiger charge is -2.18. The van der Waals surface area contributed by atoms with Crippen LogP contribution in [0.3, 0.4) is 0 Å². The molecule has 8 heavy (non-hydrogen) atoms. The fourth-order valence-corrected chi connectivity index (χ4v) is 1.05. The Morgan fingerprint density at radius 1 is 1.75 bits per heavy atom. The Morgan fingerprint density at radius 3 is 2.38 bits per heavy atom. The van der Waals surface area contributed by atoms with Gasteiger partial charge >= 0.3 is 0 Å². The zero-order valence-corrected chi connectivity index (χ0v) is 7.30. The highest BCUT2D eigenvalue weighted by molar-refractivity contribution is 7.97. The Kier molecular flexibility index (Phi) is 4.90. The highest BCUT2D eigenvalue weighted by Gasteiger charge is 2.03. The van der Waals surface area contributed by atoms with E-state index in [0.29, 0.717) is 5.37 Å². The molecule has 0 aromatic heterocycles. The van der Waals surface area contributed by atoms with Gasteiger partial charge in [0.1, 0.15) is 0 Å². The van der Waals surface area contributed by atoms with Crippen LogP contribution in [0.1, 0.15) is 13.3 Å². The van der Waals surface area contributed by atoms with E-state index >= 15 is 0 Å². The Hall–Kier alpha value is 0.660. The van der Waals surface area contributed by atoms with E-state index in [1.54, 1.807) is 11.9 Å². The zero-order valence-electron chi connectivity index (χ0n) is 5.59. The van der Waals surface area contributed by atoms with Gasteiger partial charge in [-0.25, -0.2) is 4.31 Å². The van der Waals surface area contributed by atoms with E-state index < -0.39 is 0 Å². The van der Waals surface area contributed by atoms with Crippen molar-refractivity contribution in [1.82, 2.24) is 4.31 Å². The van der Waals surface area contributed by atoms with Gasteiger partial charge in [0.05, 0.1) is 5.37 Å². The van der Waals surface area contributed by atoms with Gasteiger partial charge in [-0.15, -0.1) is 0 Å². The van der Waals surface area contributed by atoms with Gasteiger partial charge in [-0.3, -0.25) is 0 Å². The number of thiol groups is 1. The van der Waals surface area contributed by atoms with E-state index in [-0.39, 0.29) is 0 Å². The van der Waals surface area contributed by atoms with E-state index in [0.717, 1.165) is 6.42 Å². The van der Waals surface area contributed by atoms with Crippen LogP contribution in [0.5, 0.6) is 0 Å². The van der Waals surface area contributed by atoms with Crippen molar-refractivity contribution < 1.29 is 0 Å². The first-order valence-electron chi connectivity index (χ1n) is 2.67. The molecule has 0 aliphatic rings. The summed E-state index contributed by atoms with van der Waals surface area (Å²) in [6, 6.07) is 0. The summed E-state index contributed by atoms with van der Waals surface area (Å²) in [6.07, 6.45) is 3.15. The highest BCUT2D eigenvalue weighted by atomic mass is 32.2. The minimum atomic E-state index is 0.407. The summed E-state index contributed by atoms with van der Waals surface area (Å²) >= 11 is 6.02. The SMILES string of the molecule is CCC(S)N(C)SC. The molecule has 0 bridgehead atoms. The van der Waals surface area contributed by atoms with E-state index in [2.05, 4.69) is 30.1 Å². The summed E-state index contributed by atoms with van der Waals surface area (Å²) in [7, 11) is 2.05. The van der Waals surface area contributed by atoms with Crippen LogP contribution >= 0.6 is 24.6 Å². The summed E-state index contributed by atoms with van der Waals surface area (Å²) in [5, 5.41) is 0.407. The van der Waals surface area contributed by atoms with Crippen LogP contribution in [0.15, 0.2) is 0 Å². The molecule has 0 amide bonds. The normalized spacial score (nSPS) is 14.6. The van der Waals surface area contributed by atoms with Gasteiger partial charge in [-0.05, 0) is 19.7 Å². The van der Waals surface area contributed by atoms with Crippen molar-refractivity contribution in [3.8, 4) is 0 Å². The molecule has 0 aliphatic carbocycles. The van der Waals surface area contributed by atoms with Crippen molar-refractivity contribution in [3.05, 3.63) is 0 Å². The zero-order chi connectivity index (χ0) is 6.57. The van der Waals surface area contributed by atoms with Crippen LogP contribution in [0, 0.1) is 0 Å². The van der Waals surface area contributed by atoms with Crippen molar-refractivity contribution in [2.75, 3.05) is 13.3 Å². The molecule has 50 valence electrons. The molecular formula is C5H13NS2. The van der Waals surface area contributed by atoms with Crippen LogP contribution in [0.2, 0.25) is 0 Å². The third-order valence-corrected chi connectivity index (χ3v) is 2.77. The quantitative estimate of drug-likeness (QED) is 0.372. The standard InChI is InChI=1S/C5H13NS2/c1-4-5(7)6(2)8-3/h5,7H,4H2,1-3H3. The van der Waals surface area contributed by atoms with Crippen LogP contribution in [0.25, 0.3) is 0 Å². The van der Waals surface area contributed by atoms with Crippen LogP contribution < -0.4 is 0 Å². The molecule has 0 saturated heterocycles. The Labute approximate surface area is 61.4 Å². The monoisotopic (exact) mass is 151 g/mol. The Balaban J connectivity index is 3.29. The van der Waals surface area contributed by atoms with Gasteiger partial charge in [0.25, 0.3) is 0 Å². The highest BCUT2D eigenvalue weighted by Crippen LogP contribution is 2.12. The maximum absolute atomic E-state index is 4.31. The maximum Gasteiger partial charge on any atom is 0.0620 e. The topological polar surface area (TPSA) is 3.24 Å². The summed E-state index contributed by atoms with van der Waals surface area (Å²) in [5.41, 5.74) is 0. The average molecular weight is 151 g/mol. The summed E-state index contributed by atoms with van der Waals surface area (Å²) < 4.78 is 2.13. The maximum atomic E-state index is 4.31. The van der Waals surface area contributed by atoms with Crippen LogP contribution in [0.4, 0.5) is 0 Å². The minimum absolute atomic E-state index is 0.407. The summed E-state index contributed by atoms with van der Waals surface area (Å²) in [6.45, 7) is 2.13. The van der Waals surface area contributed by atoms with Crippen molar-refractivity contribution in [2.45, 2.75) is 18.7 Å². The van der Waals surface area contributed by atoms with Gasteiger partial charge in [0, 0.05) is 0 Å². The lowest BCUT2D eigenvalue weighted by molar-refractivity contribution is 0.522. The average Bonchev–Trinajstić information content (AvgIpc) is 1.84. The molecule has 0 aromatic carbocycles. The molecule has 0 aliphatic heterocycles. The molecule has 3 heteroatoms. The number of hydrogen-bond acceptors (Lipinski definition) is 3. The lowest BCUT2D eigenvalue weighted by atomic mass is 10.5. The second-order valence-electron chi connectivity index (χ2n) is 1.62. The van der Waals surface area contributed by atoms with Gasteiger partial charge in [0.15, 0.2) is 0 Å². The Bertz CT molecular complexity index is 50.4. The van der Waals surface area contributed by atoms with E-state index in [4.69, 9.17) is 0 Å². The summed E-state index contributed by atoms with van der Waals surface area (Å²) in [4.78, 5) is 0. The molecule has 1 unspecified atom stereocenters. The molecule has 0 radical (unpaired) electrons. The minimum Gasteiger partial charge on any atom is -0.241 e. The lowest BCUT2D eigenvalue weighted by Crippen LogP contribution is -2.18. The number of hydrogen-bond donors (Lipinski definition) is 1. The van der Waals surface area contributed by atoms with E-state index in [1.165, 1.54) is 0 Å². The molecular weight excluding hydrogens is 138 g/mol. The van der Waals surface area contributed by atoms with Gasteiger partial charge in [0.2, 0.25) is 0 Å². The van der Waals surface area contributed by atoms with Crippen molar-refractivity contribution >= 4 is 24.6 Å². The molecule has 1 atom stereocenters. The molecule has 0 aromatic rings. The number of rotatable bonds is 3. The van der Waals surface area contributed by atoms with Crippen LogP contribution in [-0.4, -0.2) is 23.0 Å². The fraction of sp³-hybridized carbons (Fsp3) is 1.00. The fourth-order valence-electron chi connectivity index (χ4n) is 0.379. The Morgan fingerprint density at radius 2 is 2.25 bits per heavy atom. The van der Waals surface area contributed by atoms with Crippen LogP contribution in [-0.2, 0) is 0 Å². The van der Waals surface area contributed by atoms with Gasteiger partial charge in [-0.1, -0.05) is 18.9 Å². The molecule has 0 spiro atoms. The van der Waals surface area contributed by atoms with Gasteiger partial charge < -0.3 is 0 Å². The molecule has 0 rings (SSSR count). The predicted octanol–water partition coefficient (Wildman–Crippen LogP) is 1.86. The largest absolute Gasteiger partial charge is 0.241 e. The molecule has 0 N–H and O–H groups in total.